The lowest BCUT2D eigenvalue weighted by atomic mass is 10.2. The molecule has 0 amide bonds. The molecule has 0 radical (unpaired) electrons. The summed E-state index contributed by atoms with van der Waals surface area (Å²) in [6.45, 7) is 5.89. The third-order valence-corrected chi connectivity index (χ3v) is 3.36. The van der Waals surface area contributed by atoms with Gasteiger partial charge >= 0.3 is 0 Å². The van der Waals surface area contributed by atoms with Gasteiger partial charge in [-0.1, -0.05) is 30.7 Å². The molecule has 18 heavy (non-hydrogen) atoms. The van der Waals surface area contributed by atoms with Crippen molar-refractivity contribution < 1.29 is 0 Å². The Balaban J connectivity index is 1.92. The summed E-state index contributed by atoms with van der Waals surface area (Å²) in [5, 5.41) is 7.47. The molecule has 1 aliphatic carbocycles. The minimum atomic E-state index is 0.591. The number of hydrogen-bond donors (Lipinski definition) is 2. The normalized spacial score (nSPS) is 22.7. The summed E-state index contributed by atoms with van der Waals surface area (Å²) >= 11 is 5.86. The average molecular weight is 266 g/mol. The van der Waals surface area contributed by atoms with E-state index in [2.05, 4.69) is 29.5 Å². The van der Waals surface area contributed by atoms with Crippen LogP contribution in [0.25, 0.3) is 0 Å². The van der Waals surface area contributed by atoms with Crippen LogP contribution in [-0.2, 0) is 6.54 Å². The third kappa shape index (κ3) is 3.91. The van der Waals surface area contributed by atoms with Crippen molar-refractivity contribution >= 4 is 17.6 Å². The van der Waals surface area contributed by atoms with Crippen LogP contribution in [0.3, 0.4) is 0 Å². The molecule has 1 aliphatic rings. The average Bonchev–Trinajstić information content (AvgIpc) is 3.04. The standard InChI is InChI=1S/C14H20ClN3/c1-3-16-14(18-13-8-10(13)2)17-9-11-4-6-12(15)7-5-11/h4-7,10,13H,3,8-9H2,1-2H3,(H2,16,17,18). The number of guanidine groups is 1. The van der Waals surface area contributed by atoms with E-state index in [0.717, 1.165) is 23.4 Å². The van der Waals surface area contributed by atoms with Gasteiger partial charge in [-0.25, -0.2) is 4.99 Å². The first-order valence-corrected chi connectivity index (χ1v) is 6.86. The van der Waals surface area contributed by atoms with Gasteiger partial charge in [0.1, 0.15) is 0 Å². The van der Waals surface area contributed by atoms with Gasteiger partial charge in [-0.3, -0.25) is 0 Å². The molecule has 2 rings (SSSR count). The molecule has 3 nitrogen and oxygen atoms in total. The third-order valence-electron chi connectivity index (χ3n) is 3.11. The maximum absolute atomic E-state index is 5.86. The Labute approximate surface area is 114 Å². The molecule has 0 aromatic heterocycles. The van der Waals surface area contributed by atoms with E-state index in [4.69, 9.17) is 11.6 Å². The van der Waals surface area contributed by atoms with Crippen molar-refractivity contribution in [1.29, 1.82) is 0 Å². The summed E-state index contributed by atoms with van der Waals surface area (Å²) < 4.78 is 0. The first-order chi connectivity index (χ1) is 8.69. The Morgan fingerprint density at radius 3 is 2.61 bits per heavy atom. The molecule has 2 unspecified atom stereocenters. The molecule has 1 aromatic rings. The second kappa shape index (κ2) is 6.10. The number of halogens is 1. The molecule has 0 spiro atoms. The van der Waals surface area contributed by atoms with Crippen molar-refractivity contribution in [3.63, 3.8) is 0 Å². The zero-order valence-electron chi connectivity index (χ0n) is 10.9. The molecule has 2 N–H and O–H groups in total. The van der Waals surface area contributed by atoms with Crippen LogP contribution < -0.4 is 10.6 Å². The number of aliphatic imine (C=N–C) groups is 1. The van der Waals surface area contributed by atoms with Crippen molar-refractivity contribution in [2.24, 2.45) is 10.9 Å². The molecule has 2 atom stereocenters. The fourth-order valence-corrected chi connectivity index (χ4v) is 1.90. The van der Waals surface area contributed by atoms with Crippen molar-refractivity contribution in [2.75, 3.05) is 6.54 Å². The number of rotatable bonds is 4. The highest BCUT2D eigenvalue weighted by Crippen LogP contribution is 2.28. The van der Waals surface area contributed by atoms with Gasteiger partial charge in [-0.15, -0.1) is 0 Å². The van der Waals surface area contributed by atoms with Crippen molar-refractivity contribution in [3.8, 4) is 0 Å². The van der Waals surface area contributed by atoms with Crippen LogP contribution >= 0.6 is 11.6 Å². The Morgan fingerprint density at radius 2 is 2.06 bits per heavy atom. The maximum Gasteiger partial charge on any atom is 0.191 e. The molecule has 0 heterocycles. The first kappa shape index (κ1) is 13.2. The number of nitrogens with zero attached hydrogens (tertiary/aromatic N) is 1. The summed E-state index contributed by atoms with van der Waals surface area (Å²) in [5.74, 6) is 1.67. The molecular formula is C14H20ClN3. The van der Waals surface area contributed by atoms with Gasteiger partial charge < -0.3 is 10.6 Å². The fourth-order valence-electron chi connectivity index (χ4n) is 1.78. The molecule has 4 heteroatoms. The van der Waals surface area contributed by atoms with E-state index in [9.17, 15) is 0 Å². The lowest BCUT2D eigenvalue weighted by molar-refractivity contribution is 0.766. The largest absolute Gasteiger partial charge is 0.357 e. The summed E-state index contributed by atoms with van der Waals surface area (Å²) in [7, 11) is 0. The van der Waals surface area contributed by atoms with E-state index < -0.39 is 0 Å². The lowest BCUT2D eigenvalue weighted by Gasteiger charge is -2.10. The summed E-state index contributed by atoms with van der Waals surface area (Å²) in [6, 6.07) is 8.41. The molecule has 0 aliphatic heterocycles. The van der Waals surface area contributed by atoms with Gasteiger partial charge in [0.05, 0.1) is 6.54 Å². The minimum absolute atomic E-state index is 0.591. The summed E-state index contributed by atoms with van der Waals surface area (Å²) in [4.78, 5) is 4.58. The number of nitrogens with one attached hydrogen (secondary N) is 2. The molecule has 0 saturated heterocycles. The maximum atomic E-state index is 5.86. The molecular weight excluding hydrogens is 246 g/mol. The number of hydrogen-bond acceptors (Lipinski definition) is 1. The quantitative estimate of drug-likeness (QED) is 0.649. The Kier molecular flexibility index (Phi) is 4.48. The zero-order valence-corrected chi connectivity index (χ0v) is 11.7. The van der Waals surface area contributed by atoms with Gasteiger partial charge in [0, 0.05) is 17.6 Å². The summed E-state index contributed by atoms with van der Waals surface area (Å²) in [5.41, 5.74) is 1.17. The van der Waals surface area contributed by atoms with Crippen LogP contribution in [0.2, 0.25) is 5.02 Å². The molecule has 0 bridgehead atoms. The van der Waals surface area contributed by atoms with E-state index in [1.807, 2.05) is 24.3 Å². The summed E-state index contributed by atoms with van der Waals surface area (Å²) in [6.07, 6.45) is 1.24. The number of benzene rings is 1. The van der Waals surface area contributed by atoms with Crippen LogP contribution in [0.1, 0.15) is 25.8 Å². The highest BCUT2D eigenvalue weighted by atomic mass is 35.5. The van der Waals surface area contributed by atoms with Gasteiger partial charge in [0.25, 0.3) is 0 Å². The van der Waals surface area contributed by atoms with E-state index in [1.54, 1.807) is 0 Å². The second-order valence-electron chi connectivity index (χ2n) is 4.79. The van der Waals surface area contributed by atoms with E-state index >= 15 is 0 Å². The Hall–Kier alpha value is -1.22. The highest BCUT2D eigenvalue weighted by Gasteiger charge is 2.33. The van der Waals surface area contributed by atoms with Crippen LogP contribution in [0, 0.1) is 5.92 Å². The van der Waals surface area contributed by atoms with E-state index in [1.165, 1.54) is 12.0 Å². The Morgan fingerprint density at radius 1 is 1.39 bits per heavy atom. The van der Waals surface area contributed by atoms with Gasteiger partial charge in [-0.05, 0) is 37.0 Å². The van der Waals surface area contributed by atoms with E-state index in [-0.39, 0.29) is 0 Å². The second-order valence-corrected chi connectivity index (χ2v) is 5.22. The van der Waals surface area contributed by atoms with Crippen molar-refractivity contribution in [2.45, 2.75) is 32.9 Å². The van der Waals surface area contributed by atoms with Crippen LogP contribution in [0.15, 0.2) is 29.3 Å². The zero-order chi connectivity index (χ0) is 13.0. The molecule has 1 aromatic carbocycles. The van der Waals surface area contributed by atoms with Gasteiger partial charge in [0.15, 0.2) is 5.96 Å². The van der Waals surface area contributed by atoms with Gasteiger partial charge in [-0.2, -0.15) is 0 Å². The molecule has 1 saturated carbocycles. The predicted molar refractivity (Wildman–Crippen MR) is 77.0 cm³/mol. The SMILES string of the molecule is CCNC(=NCc1ccc(Cl)cc1)NC1CC1C. The van der Waals surface area contributed by atoms with Crippen molar-refractivity contribution in [3.05, 3.63) is 34.9 Å². The molecule has 98 valence electrons. The topological polar surface area (TPSA) is 36.4 Å². The van der Waals surface area contributed by atoms with Gasteiger partial charge in [0.2, 0.25) is 0 Å². The minimum Gasteiger partial charge on any atom is -0.357 e. The first-order valence-electron chi connectivity index (χ1n) is 6.48. The fraction of sp³-hybridized carbons (Fsp3) is 0.500. The van der Waals surface area contributed by atoms with Crippen LogP contribution in [0.4, 0.5) is 0 Å². The molecule has 1 fully saturated rings. The van der Waals surface area contributed by atoms with Crippen LogP contribution in [-0.4, -0.2) is 18.5 Å². The lowest BCUT2D eigenvalue weighted by Crippen LogP contribution is -2.39. The smallest absolute Gasteiger partial charge is 0.191 e. The monoisotopic (exact) mass is 265 g/mol. The van der Waals surface area contributed by atoms with Crippen molar-refractivity contribution in [1.82, 2.24) is 10.6 Å². The van der Waals surface area contributed by atoms with Crippen LogP contribution in [0.5, 0.6) is 0 Å². The van der Waals surface area contributed by atoms with E-state index in [0.29, 0.717) is 12.6 Å². The Bertz CT molecular complexity index is 414. The highest BCUT2D eigenvalue weighted by molar-refractivity contribution is 6.30. The predicted octanol–water partition coefficient (Wildman–Crippen LogP) is 2.80.